The minimum atomic E-state index is -2.04. The normalized spacial score (nSPS) is 23.2. The minimum Gasteiger partial charge on any atom is -0.466 e. The Kier molecular flexibility index (Phi) is 6.86. The van der Waals surface area contributed by atoms with Gasteiger partial charge in [-0.3, -0.25) is 9.59 Å². The molecule has 8 heteroatoms. The van der Waals surface area contributed by atoms with E-state index in [9.17, 15) is 19.5 Å². The number of aromatic nitrogens is 1. The van der Waals surface area contributed by atoms with Crippen molar-refractivity contribution in [2.24, 2.45) is 5.92 Å². The predicted molar refractivity (Wildman–Crippen MR) is 134 cm³/mol. The van der Waals surface area contributed by atoms with Crippen molar-refractivity contribution in [3.63, 3.8) is 0 Å². The van der Waals surface area contributed by atoms with Gasteiger partial charge in [-0.1, -0.05) is 37.6 Å². The Morgan fingerprint density at radius 1 is 1.22 bits per heavy atom. The SMILES string of the molecule is COC(=O)[C@]12O[C@@]1(C/C(CO)=C(\C)CCc1ccnc(N)c1)C(=O)c1cccc(CC(C)C)c1C2=O. The van der Waals surface area contributed by atoms with E-state index in [2.05, 4.69) is 4.98 Å². The largest absolute Gasteiger partial charge is 0.466 e. The Hall–Kier alpha value is -3.36. The van der Waals surface area contributed by atoms with Crippen LogP contribution in [0.5, 0.6) is 0 Å². The van der Waals surface area contributed by atoms with Crippen LogP contribution >= 0.6 is 0 Å². The number of nitrogens with two attached hydrogens (primary N) is 1. The molecule has 4 rings (SSSR count). The molecule has 190 valence electrons. The molecule has 0 radical (unpaired) electrons. The average molecular weight is 493 g/mol. The first kappa shape index (κ1) is 25.7. The van der Waals surface area contributed by atoms with Gasteiger partial charge in [0.2, 0.25) is 5.78 Å². The molecular formula is C28H32N2O6. The fourth-order valence-electron chi connectivity index (χ4n) is 5.22. The van der Waals surface area contributed by atoms with Crippen LogP contribution in [0.2, 0.25) is 0 Å². The second kappa shape index (κ2) is 9.59. The molecule has 2 aliphatic rings. The number of aliphatic hydroxyl groups is 1. The molecule has 0 spiro atoms. The van der Waals surface area contributed by atoms with Gasteiger partial charge in [0.25, 0.3) is 5.60 Å². The molecule has 0 amide bonds. The molecule has 3 N–H and O–H groups in total. The van der Waals surface area contributed by atoms with Gasteiger partial charge in [-0.25, -0.2) is 9.78 Å². The highest BCUT2D eigenvalue weighted by molar-refractivity contribution is 6.33. The van der Waals surface area contributed by atoms with Crippen molar-refractivity contribution < 1.29 is 29.0 Å². The zero-order valence-corrected chi connectivity index (χ0v) is 21.1. The number of carbonyl (C=O) groups is 3. The highest BCUT2D eigenvalue weighted by Gasteiger charge is 2.85. The summed E-state index contributed by atoms with van der Waals surface area (Å²) in [6.07, 6.45) is 3.36. The maximum absolute atomic E-state index is 13.9. The lowest BCUT2D eigenvalue weighted by molar-refractivity contribution is -0.145. The number of ether oxygens (including phenoxy) is 2. The topological polar surface area (TPSA) is 132 Å². The Labute approximate surface area is 210 Å². The van der Waals surface area contributed by atoms with Crippen LogP contribution in [0.15, 0.2) is 47.7 Å². The second-order valence-corrected chi connectivity index (χ2v) is 10.0. The number of methoxy groups -OCH3 is 1. The van der Waals surface area contributed by atoms with Crippen molar-refractivity contribution >= 4 is 23.4 Å². The van der Waals surface area contributed by atoms with E-state index in [1.807, 2.05) is 26.8 Å². The van der Waals surface area contributed by atoms with Crippen molar-refractivity contribution in [1.29, 1.82) is 0 Å². The molecular weight excluding hydrogens is 460 g/mol. The molecule has 0 unspecified atom stereocenters. The number of esters is 1. The van der Waals surface area contributed by atoms with Gasteiger partial charge in [0.1, 0.15) is 5.82 Å². The van der Waals surface area contributed by atoms with Crippen molar-refractivity contribution in [2.45, 2.75) is 57.7 Å². The first-order chi connectivity index (χ1) is 17.1. The number of nitrogens with zero attached hydrogens (tertiary/aromatic N) is 1. The molecule has 2 aromatic rings. The number of hydrogen-bond acceptors (Lipinski definition) is 8. The lowest BCUT2D eigenvalue weighted by Gasteiger charge is -2.26. The molecule has 1 saturated heterocycles. The number of anilines is 1. The van der Waals surface area contributed by atoms with E-state index in [1.54, 1.807) is 30.5 Å². The number of hydrogen-bond donors (Lipinski definition) is 2. The molecule has 2 atom stereocenters. The molecule has 1 aliphatic carbocycles. The molecule has 1 fully saturated rings. The summed E-state index contributed by atoms with van der Waals surface area (Å²) in [5, 5.41) is 10.2. The maximum atomic E-state index is 13.9. The summed E-state index contributed by atoms with van der Waals surface area (Å²) < 4.78 is 10.9. The number of Topliss-reactive ketones (excluding diaryl/α,β-unsaturated/α-hetero) is 2. The molecule has 36 heavy (non-hydrogen) atoms. The van der Waals surface area contributed by atoms with Gasteiger partial charge in [0, 0.05) is 23.7 Å². The average Bonchev–Trinajstić information content (AvgIpc) is 3.55. The Morgan fingerprint density at radius 3 is 2.61 bits per heavy atom. The highest BCUT2D eigenvalue weighted by atomic mass is 16.7. The van der Waals surface area contributed by atoms with Gasteiger partial charge in [-0.2, -0.15) is 0 Å². The maximum Gasteiger partial charge on any atom is 0.350 e. The summed E-state index contributed by atoms with van der Waals surface area (Å²) in [4.78, 5) is 44.7. The van der Waals surface area contributed by atoms with Crippen LogP contribution in [-0.2, 0) is 27.1 Å². The van der Waals surface area contributed by atoms with E-state index in [4.69, 9.17) is 15.2 Å². The fourth-order valence-corrected chi connectivity index (χ4v) is 5.22. The zero-order chi connectivity index (χ0) is 26.3. The monoisotopic (exact) mass is 492 g/mol. The summed E-state index contributed by atoms with van der Waals surface area (Å²) in [6.45, 7) is 5.56. The highest BCUT2D eigenvalue weighted by Crippen LogP contribution is 2.59. The third kappa shape index (κ3) is 4.04. The molecule has 1 aromatic carbocycles. The molecule has 0 saturated carbocycles. The number of fused-ring (bicyclic) bond motifs is 2. The third-order valence-electron chi connectivity index (χ3n) is 7.16. The summed E-state index contributed by atoms with van der Waals surface area (Å²) >= 11 is 0. The van der Waals surface area contributed by atoms with E-state index < -0.39 is 28.7 Å². The van der Waals surface area contributed by atoms with Crippen molar-refractivity contribution in [3.05, 3.63) is 69.9 Å². The van der Waals surface area contributed by atoms with Crippen LogP contribution in [-0.4, -0.2) is 52.5 Å². The number of carbonyl (C=O) groups excluding carboxylic acids is 3. The smallest absolute Gasteiger partial charge is 0.350 e. The lowest BCUT2D eigenvalue weighted by Crippen LogP contribution is -2.51. The van der Waals surface area contributed by atoms with Gasteiger partial charge < -0.3 is 20.3 Å². The number of pyridine rings is 1. The molecule has 0 bridgehead atoms. The fraction of sp³-hybridized carbons (Fsp3) is 0.429. The van der Waals surface area contributed by atoms with E-state index in [0.717, 1.165) is 11.1 Å². The number of nitrogen functional groups attached to an aromatic ring is 1. The Balaban J connectivity index is 1.72. The Bertz CT molecular complexity index is 1270. The summed E-state index contributed by atoms with van der Waals surface area (Å²) in [6, 6.07) is 8.80. The number of ketones is 2. The number of epoxide rings is 1. The van der Waals surface area contributed by atoms with E-state index in [-0.39, 0.29) is 30.1 Å². The predicted octanol–water partition coefficient (Wildman–Crippen LogP) is 3.25. The van der Waals surface area contributed by atoms with Crippen molar-refractivity contribution in [1.82, 2.24) is 4.98 Å². The third-order valence-corrected chi connectivity index (χ3v) is 7.16. The lowest BCUT2D eigenvalue weighted by atomic mass is 9.69. The Morgan fingerprint density at radius 2 is 1.97 bits per heavy atom. The standard InChI is InChI=1S/C28H32N2O6/c1-16(2)12-19-6-5-7-21-23(19)25(33)28(26(34)35-4)27(36-28,24(21)32)14-20(15-31)17(3)8-9-18-10-11-30-22(29)13-18/h5-7,10-11,13,16,31H,8-9,12,14-15H2,1-4H3,(H2,29,30)/b20-17-/t27-,28-/m0/s1. The van der Waals surface area contributed by atoms with Gasteiger partial charge in [0.15, 0.2) is 11.4 Å². The van der Waals surface area contributed by atoms with Gasteiger partial charge in [-0.05, 0) is 60.9 Å². The van der Waals surface area contributed by atoms with E-state index >= 15 is 0 Å². The number of allylic oxidation sites excluding steroid dienone is 1. The first-order valence-electron chi connectivity index (χ1n) is 12.1. The van der Waals surface area contributed by atoms with E-state index in [1.165, 1.54) is 7.11 Å². The minimum absolute atomic E-state index is 0.0820. The van der Waals surface area contributed by atoms with Crippen molar-refractivity contribution in [3.8, 4) is 0 Å². The van der Waals surface area contributed by atoms with Gasteiger partial charge >= 0.3 is 5.97 Å². The quantitative estimate of drug-likeness (QED) is 0.236. The van der Waals surface area contributed by atoms with Gasteiger partial charge in [0.05, 0.1) is 13.7 Å². The van der Waals surface area contributed by atoms with Crippen molar-refractivity contribution in [2.75, 3.05) is 19.5 Å². The number of aliphatic hydroxyl groups excluding tert-OH is 1. The number of benzene rings is 1. The molecule has 2 heterocycles. The number of aryl methyl sites for hydroxylation is 1. The molecule has 8 nitrogen and oxygen atoms in total. The molecule has 1 aromatic heterocycles. The van der Waals surface area contributed by atoms with Crippen LogP contribution < -0.4 is 5.73 Å². The number of rotatable bonds is 9. The second-order valence-electron chi connectivity index (χ2n) is 10.0. The summed E-state index contributed by atoms with van der Waals surface area (Å²) in [7, 11) is 1.17. The van der Waals surface area contributed by atoms with Crippen LogP contribution in [0, 0.1) is 5.92 Å². The van der Waals surface area contributed by atoms with Crippen LogP contribution in [0.25, 0.3) is 0 Å². The van der Waals surface area contributed by atoms with Crippen LogP contribution in [0.1, 0.15) is 65.5 Å². The van der Waals surface area contributed by atoms with Crippen LogP contribution in [0.4, 0.5) is 5.82 Å². The zero-order valence-electron chi connectivity index (χ0n) is 21.1. The first-order valence-corrected chi connectivity index (χ1v) is 12.1. The summed E-state index contributed by atoms with van der Waals surface area (Å²) in [5.74, 6) is -1.22. The van der Waals surface area contributed by atoms with E-state index in [0.29, 0.717) is 36.2 Å². The van der Waals surface area contributed by atoms with Crippen LogP contribution in [0.3, 0.4) is 0 Å². The van der Waals surface area contributed by atoms with Gasteiger partial charge in [-0.15, -0.1) is 0 Å². The summed E-state index contributed by atoms with van der Waals surface area (Å²) in [5.41, 5.74) is 5.55. The molecule has 1 aliphatic heterocycles.